The molecule has 2 rings (SSSR count). The molecule has 6 heteroatoms. The van der Waals surface area contributed by atoms with Crippen molar-refractivity contribution in [2.75, 3.05) is 0 Å². The maximum atomic E-state index is 10.8. The number of ether oxygens (including phenoxy) is 1. The molecule has 0 saturated heterocycles. The first-order valence-corrected chi connectivity index (χ1v) is 6.09. The van der Waals surface area contributed by atoms with Crippen LogP contribution in [0.3, 0.4) is 0 Å². The van der Waals surface area contributed by atoms with Crippen LogP contribution in [-0.2, 0) is 6.61 Å². The van der Waals surface area contributed by atoms with Crippen molar-refractivity contribution < 1.29 is 23.8 Å². The van der Waals surface area contributed by atoms with E-state index in [1.807, 2.05) is 0 Å². The van der Waals surface area contributed by atoms with Crippen molar-refractivity contribution >= 4 is 23.9 Å². The van der Waals surface area contributed by atoms with Gasteiger partial charge in [-0.25, -0.2) is 4.79 Å². The van der Waals surface area contributed by atoms with Crippen LogP contribution in [0.5, 0.6) is 5.75 Å². The van der Waals surface area contributed by atoms with Crippen molar-refractivity contribution in [1.82, 2.24) is 0 Å². The van der Waals surface area contributed by atoms with Gasteiger partial charge in [-0.15, -0.1) is 0 Å². The predicted octanol–water partition coefficient (Wildman–Crippen LogP) is 3.33. The molecule has 20 heavy (non-hydrogen) atoms. The number of carboxylic acids is 1. The largest absolute Gasteiger partial charge is 0.484 e. The van der Waals surface area contributed by atoms with Gasteiger partial charge >= 0.3 is 5.97 Å². The first-order chi connectivity index (χ1) is 9.51. The Morgan fingerprint density at radius 1 is 1.45 bits per heavy atom. The van der Waals surface area contributed by atoms with Gasteiger partial charge in [0.15, 0.2) is 0 Å². The molecule has 0 aliphatic carbocycles. The average Bonchev–Trinajstić information content (AvgIpc) is 2.78. The van der Waals surface area contributed by atoms with Crippen LogP contribution >= 0.6 is 11.6 Å². The number of hydrogen-bond donors (Lipinski definition) is 1. The molecule has 104 valence electrons. The molecule has 1 N–H and O–H groups in total. The fourth-order valence-electron chi connectivity index (χ4n) is 1.69. The molecule has 0 aliphatic rings. The minimum absolute atomic E-state index is 0.0499. The predicted molar refractivity (Wildman–Crippen MR) is 71.6 cm³/mol. The Morgan fingerprint density at radius 2 is 2.20 bits per heavy atom. The molecule has 0 saturated carbocycles. The van der Waals surface area contributed by atoms with E-state index in [1.54, 1.807) is 25.1 Å². The van der Waals surface area contributed by atoms with Crippen molar-refractivity contribution in [3.05, 3.63) is 51.9 Å². The number of benzene rings is 1. The van der Waals surface area contributed by atoms with Crippen molar-refractivity contribution in [3.63, 3.8) is 0 Å². The van der Waals surface area contributed by atoms with Crippen LogP contribution in [0.25, 0.3) is 0 Å². The number of halogens is 1. The summed E-state index contributed by atoms with van der Waals surface area (Å²) in [5, 5.41) is 9.18. The molecule has 0 aliphatic heterocycles. The third-order valence-corrected chi connectivity index (χ3v) is 2.92. The summed E-state index contributed by atoms with van der Waals surface area (Å²) in [6, 6.07) is 6.22. The van der Waals surface area contributed by atoms with E-state index in [9.17, 15) is 9.59 Å². The first kappa shape index (κ1) is 14.1. The first-order valence-electron chi connectivity index (χ1n) is 5.71. The minimum Gasteiger partial charge on any atom is -0.484 e. The van der Waals surface area contributed by atoms with Crippen LogP contribution in [0.4, 0.5) is 0 Å². The highest BCUT2D eigenvalue weighted by atomic mass is 35.5. The number of aryl methyl sites for hydroxylation is 1. The van der Waals surface area contributed by atoms with Crippen LogP contribution in [0, 0.1) is 6.92 Å². The third-order valence-electron chi connectivity index (χ3n) is 2.62. The summed E-state index contributed by atoms with van der Waals surface area (Å²) in [7, 11) is 0. The van der Waals surface area contributed by atoms with Gasteiger partial charge in [0.1, 0.15) is 24.4 Å². The zero-order valence-electron chi connectivity index (χ0n) is 10.6. The Kier molecular flexibility index (Phi) is 4.10. The fraction of sp³-hybridized carbons (Fsp3) is 0.143. The molecule has 0 radical (unpaired) electrons. The number of carboxylic acid groups (broad SMARTS) is 1. The summed E-state index contributed by atoms with van der Waals surface area (Å²) in [5.74, 6) is -0.452. The number of aromatic carboxylic acids is 1. The normalized spacial score (nSPS) is 10.3. The molecule has 0 fully saturated rings. The van der Waals surface area contributed by atoms with E-state index in [4.69, 9.17) is 25.9 Å². The molecule has 1 aromatic heterocycles. The number of hydrogen-bond acceptors (Lipinski definition) is 4. The Balaban J connectivity index is 2.11. The van der Waals surface area contributed by atoms with Crippen LogP contribution in [0.1, 0.15) is 32.2 Å². The lowest BCUT2D eigenvalue weighted by Gasteiger charge is -2.06. The van der Waals surface area contributed by atoms with E-state index < -0.39 is 5.97 Å². The second kappa shape index (κ2) is 5.79. The summed E-state index contributed by atoms with van der Waals surface area (Å²) in [5.41, 5.74) is 0.975. The van der Waals surface area contributed by atoms with E-state index >= 15 is 0 Å². The Morgan fingerprint density at radius 3 is 2.75 bits per heavy atom. The van der Waals surface area contributed by atoms with E-state index in [1.165, 1.54) is 6.07 Å². The van der Waals surface area contributed by atoms with Gasteiger partial charge in [-0.2, -0.15) is 0 Å². The van der Waals surface area contributed by atoms with Gasteiger partial charge < -0.3 is 14.3 Å². The van der Waals surface area contributed by atoms with Crippen LogP contribution in [0.2, 0.25) is 5.02 Å². The molecule has 1 aromatic carbocycles. The van der Waals surface area contributed by atoms with Crippen molar-refractivity contribution in [2.24, 2.45) is 0 Å². The highest BCUT2D eigenvalue weighted by molar-refractivity contribution is 6.32. The highest BCUT2D eigenvalue weighted by Gasteiger charge is 2.14. The second-order valence-corrected chi connectivity index (χ2v) is 4.53. The lowest BCUT2D eigenvalue weighted by atomic mass is 10.2. The molecule has 0 amide bonds. The fourth-order valence-corrected chi connectivity index (χ4v) is 1.93. The van der Waals surface area contributed by atoms with Gasteiger partial charge in [-0.05, 0) is 31.2 Å². The molecule has 0 bridgehead atoms. The number of carbonyl (C=O) groups excluding carboxylic acids is 1. The average molecular weight is 295 g/mol. The molecule has 0 atom stereocenters. The Hall–Kier alpha value is -2.27. The molecule has 1 heterocycles. The zero-order chi connectivity index (χ0) is 14.7. The van der Waals surface area contributed by atoms with E-state index in [-0.39, 0.29) is 12.4 Å². The van der Waals surface area contributed by atoms with E-state index in [0.717, 1.165) is 0 Å². The number of aldehydes is 1. The van der Waals surface area contributed by atoms with E-state index in [0.29, 0.717) is 33.9 Å². The summed E-state index contributed by atoms with van der Waals surface area (Å²) in [6.45, 7) is 1.69. The molecule has 2 aromatic rings. The van der Waals surface area contributed by atoms with Gasteiger partial charge in [-0.3, -0.25) is 4.79 Å². The second-order valence-electron chi connectivity index (χ2n) is 4.13. The van der Waals surface area contributed by atoms with Gasteiger partial charge in [0, 0.05) is 11.1 Å². The van der Waals surface area contributed by atoms with Gasteiger partial charge in [0.05, 0.1) is 5.02 Å². The van der Waals surface area contributed by atoms with Crippen molar-refractivity contribution in [1.29, 1.82) is 0 Å². The molecule has 5 nitrogen and oxygen atoms in total. The lowest BCUT2D eigenvalue weighted by Crippen LogP contribution is -1.96. The van der Waals surface area contributed by atoms with Crippen LogP contribution < -0.4 is 4.74 Å². The lowest BCUT2D eigenvalue weighted by molar-refractivity contribution is 0.0657. The van der Waals surface area contributed by atoms with Crippen molar-refractivity contribution in [3.8, 4) is 5.75 Å². The number of rotatable bonds is 5. The Labute approximate surface area is 119 Å². The summed E-state index contributed by atoms with van der Waals surface area (Å²) in [4.78, 5) is 21.4. The SMILES string of the molecule is Cc1cc(COc2ccc(C=O)cc2Cl)oc1C(=O)O. The topological polar surface area (TPSA) is 76.7 Å². The van der Waals surface area contributed by atoms with Gasteiger partial charge in [0.25, 0.3) is 0 Å². The monoisotopic (exact) mass is 294 g/mol. The standard InChI is InChI=1S/C14H11ClO5/c1-8-4-10(20-13(8)14(17)18)7-19-12-3-2-9(6-16)5-11(12)15/h2-6H,7H2,1H3,(H,17,18). The number of carbonyl (C=O) groups is 2. The maximum absolute atomic E-state index is 10.8. The maximum Gasteiger partial charge on any atom is 0.372 e. The van der Waals surface area contributed by atoms with E-state index in [2.05, 4.69) is 0 Å². The summed E-state index contributed by atoms with van der Waals surface area (Å²) in [6.07, 6.45) is 0.685. The quantitative estimate of drug-likeness (QED) is 0.856. The summed E-state index contributed by atoms with van der Waals surface area (Å²) < 4.78 is 10.6. The van der Waals surface area contributed by atoms with Crippen molar-refractivity contribution in [2.45, 2.75) is 13.5 Å². The van der Waals surface area contributed by atoms with Gasteiger partial charge in [-0.1, -0.05) is 11.6 Å². The minimum atomic E-state index is -1.12. The Bertz CT molecular complexity index is 660. The molecule has 0 unspecified atom stereocenters. The molecular formula is C14H11ClO5. The molecule has 0 spiro atoms. The van der Waals surface area contributed by atoms with Crippen LogP contribution in [0.15, 0.2) is 28.7 Å². The summed E-state index contributed by atoms with van der Waals surface area (Å²) >= 11 is 5.95. The highest BCUT2D eigenvalue weighted by Crippen LogP contribution is 2.26. The third kappa shape index (κ3) is 3.00. The smallest absolute Gasteiger partial charge is 0.372 e. The van der Waals surface area contributed by atoms with Gasteiger partial charge in [0.2, 0.25) is 5.76 Å². The zero-order valence-corrected chi connectivity index (χ0v) is 11.3. The van der Waals surface area contributed by atoms with Crippen LogP contribution in [-0.4, -0.2) is 17.4 Å². The number of furan rings is 1. The molecular weight excluding hydrogens is 284 g/mol.